The summed E-state index contributed by atoms with van der Waals surface area (Å²) in [6.45, 7) is -0.612. The van der Waals surface area contributed by atoms with Crippen molar-refractivity contribution in [3.8, 4) is 11.5 Å². The summed E-state index contributed by atoms with van der Waals surface area (Å²) in [5, 5.41) is 19.0. The topological polar surface area (TPSA) is 185 Å². The van der Waals surface area contributed by atoms with Crippen molar-refractivity contribution < 1.29 is 77.9 Å². The van der Waals surface area contributed by atoms with Crippen LogP contribution in [0.25, 0.3) is 0 Å². The Morgan fingerprint density at radius 1 is 0.923 bits per heavy atom. The molecule has 3 saturated heterocycles. The van der Waals surface area contributed by atoms with Crippen LogP contribution in [-0.4, -0.2) is 81.5 Å². The van der Waals surface area contributed by atoms with Crippen LogP contribution in [0.3, 0.4) is 0 Å². The molecule has 23 heteroatoms. The first-order chi connectivity index (χ1) is 30.7. The van der Waals surface area contributed by atoms with Gasteiger partial charge in [-0.25, -0.2) is 27.2 Å². The zero-order valence-electron chi connectivity index (χ0n) is 33.7. The molecule has 1 aliphatic carbocycles. The van der Waals surface area contributed by atoms with Gasteiger partial charge in [-0.05, 0) is 104 Å². The molecule has 4 aliphatic rings. The number of ether oxygens (including phenoxy) is 4. The summed E-state index contributed by atoms with van der Waals surface area (Å²) in [5.41, 5.74) is 0.396. The number of benzene rings is 3. The number of sulfonamides is 1. The minimum absolute atomic E-state index is 0.0321. The number of carbonyl (C=O) groups is 3. The van der Waals surface area contributed by atoms with Gasteiger partial charge in [0.2, 0.25) is 10.0 Å². The third kappa shape index (κ3) is 13.4. The first kappa shape index (κ1) is 49.1. The summed E-state index contributed by atoms with van der Waals surface area (Å²) in [7, 11) is -4.56. The quantitative estimate of drug-likeness (QED) is 0.0486. The van der Waals surface area contributed by atoms with Gasteiger partial charge in [-0.3, -0.25) is 4.90 Å². The Balaban J connectivity index is 0.000000925. The lowest BCUT2D eigenvalue weighted by atomic mass is 9.86. The third-order valence-corrected chi connectivity index (χ3v) is 12.7. The van der Waals surface area contributed by atoms with Crippen LogP contribution in [-0.2, 0) is 35.5 Å². The van der Waals surface area contributed by atoms with E-state index in [1.54, 1.807) is 0 Å². The molecule has 4 aromatic rings. The van der Waals surface area contributed by atoms with Gasteiger partial charge in [-0.1, -0.05) is 47.5 Å². The minimum Gasteiger partial charge on any atom is -0.619 e. The van der Waals surface area contributed by atoms with Crippen LogP contribution in [0.4, 0.5) is 26.3 Å². The maximum absolute atomic E-state index is 13.9. The summed E-state index contributed by atoms with van der Waals surface area (Å²) in [6.07, 6.45) is -1.35. The normalized spacial score (nSPS) is 19.1. The highest BCUT2D eigenvalue weighted by Gasteiger charge is 2.40. The Bertz CT molecular complexity index is 2450. The van der Waals surface area contributed by atoms with E-state index in [2.05, 4.69) is 14.4 Å². The molecule has 3 aromatic carbocycles. The van der Waals surface area contributed by atoms with Crippen molar-refractivity contribution in [1.82, 2.24) is 9.62 Å². The third-order valence-electron chi connectivity index (χ3n) is 10.6. The molecule has 3 aliphatic heterocycles. The van der Waals surface area contributed by atoms with Crippen molar-refractivity contribution in [3.63, 3.8) is 0 Å². The maximum Gasteiger partial charge on any atom is 0.490 e. The molecule has 350 valence electrons. The van der Waals surface area contributed by atoms with E-state index in [0.717, 1.165) is 69.4 Å². The van der Waals surface area contributed by atoms with Gasteiger partial charge in [0.05, 0.1) is 17.1 Å². The number of carboxylic acid groups (broad SMARTS) is 1. The van der Waals surface area contributed by atoms with Crippen molar-refractivity contribution in [2.75, 3.05) is 26.2 Å². The molecule has 0 amide bonds. The maximum atomic E-state index is 13.9. The number of nitrogens with zero attached hydrogens (tertiary/aromatic N) is 2. The Kier molecular flexibility index (Phi) is 15.8. The van der Waals surface area contributed by atoms with E-state index in [4.69, 9.17) is 47.3 Å². The van der Waals surface area contributed by atoms with E-state index in [9.17, 15) is 49.6 Å². The molecule has 1 aromatic heterocycles. The summed E-state index contributed by atoms with van der Waals surface area (Å²) in [6, 6.07) is 12.1. The molecule has 4 fully saturated rings. The molecule has 65 heavy (non-hydrogen) atoms. The SMILES string of the molecule is O=C(O)C(F)(F)F.O=C(O[C@@H](Cc1c(Cl)c[n+]([O-])cc1Cl)c1ccc(OC(F)F)c(OCC2CC2)c1)c1cccc(S(=O)(=O)NC(C(=O)O[C@H]2CN3CCC2CC3)c2ccc(F)cc2)c1. The molecule has 2 N–H and O–H groups in total. The first-order valence-corrected chi connectivity index (χ1v) is 22.0. The molecular weight excluding hydrogens is 939 g/mol. The standard InChI is InChI=1S/C40H38Cl2F3N3O9S.C2HF3O2/c41-31-19-48(51)20-32(42)30(31)18-34(26-8-11-33(57-40(44)45)35(17-26)54-22-23-4-5-23)55-38(49)27-2-1-3-29(16-27)58(52,53)46-37(25-6-9-28(43)10-7-25)39(50)56-36-21-47-14-12-24(36)13-15-47;3-2(4,5)1(6)7/h1-3,6-11,16-17,19-20,23-24,34,36-37,40,46H,4-5,12-15,18,21-22H2;(H,6,7)/t34-,36-,37?;/m0./s1. The predicted molar refractivity (Wildman–Crippen MR) is 217 cm³/mol. The van der Waals surface area contributed by atoms with Gasteiger partial charge in [-0.15, -0.1) is 0 Å². The lowest BCUT2D eigenvalue weighted by Crippen LogP contribution is -2.52. The number of alkyl halides is 5. The average molecular weight is 979 g/mol. The first-order valence-electron chi connectivity index (χ1n) is 19.8. The number of esters is 2. The number of halogens is 8. The number of carbonyl (C=O) groups excluding carboxylic acids is 2. The van der Waals surface area contributed by atoms with Gasteiger partial charge in [0, 0.05) is 18.5 Å². The average Bonchev–Trinajstić information content (AvgIpc) is 4.08. The Morgan fingerprint density at radius 2 is 1.55 bits per heavy atom. The molecule has 4 heterocycles. The molecule has 1 saturated carbocycles. The fourth-order valence-corrected chi connectivity index (χ4v) is 8.86. The smallest absolute Gasteiger partial charge is 0.490 e. The van der Waals surface area contributed by atoms with E-state index in [0.29, 0.717) is 11.3 Å². The van der Waals surface area contributed by atoms with Crippen molar-refractivity contribution in [3.05, 3.63) is 122 Å². The van der Waals surface area contributed by atoms with E-state index >= 15 is 0 Å². The molecule has 0 radical (unpaired) electrons. The highest BCUT2D eigenvalue weighted by atomic mass is 35.5. The zero-order chi connectivity index (χ0) is 47.2. The molecule has 3 atom stereocenters. The van der Waals surface area contributed by atoms with Crippen molar-refractivity contribution >= 4 is 51.1 Å². The lowest BCUT2D eigenvalue weighted by Gasteiger charge is -2.44. The summed E-state index contributed by atoms with van der Waals surface area (Å²) in [4.78, 5) is 38.2. The second-order valence-electron chi connectivity index (χ2n) is 15.3. The zero-order valence-corrected chi connectivity index (χ0v) is 36.0. The number of carboxylic acids is 1. The largest absolute Gasteiger partial charge is 0.619 e. The van der Waals surface area contributed by atoms with E-state index in [-0.39, 0.29) is 68.7 Å². The number of rotatable bonds is 16. The molecular formula is C42H39Cl2F6N3O11S. The second kappa shape index (κ2) is 20.9. The van der Waals surface area contributed by atoms with Gasteiger partial charge >= 0.3 is 30.7 Å². The van der Waals surface area contributed by atoms with Gasteiger partial charge in [0.15, 0.2) is 23.9 Å². The molecule has 2 bridgehead atoms. The number of nitrogens with one attached hydrogen (secondary N) is 1. The predicted octanol–water partition coefficient (Wildman–Crippen LogP) is 7.59. The Morgan fingerprint density at radius 3 is 2.12 bits per heavy atom. The highest BCUT2D eigenvalue weighted by Crippen LogP contribution is 2.38. The van der Waals surface area contributed by atoms with Gasteiger partial charge in [0.1, 0.15) is 34.1 Å². The Hall–Kier alpha value is -5.35. The molecule has 14 nitrogen and oxygen atoms in total. The van der Waals surface area contributed by atoms with Crippen LogP contribution in [0.15, 0.2) is 84.0 Å². The Labute approximate surface area is 377 Å². The number of hydrogen-bond donors (Lipinski definition) is 2. The van der Waals surface area contributed by atoms with Crippen LogP contribution < -0.4 is 18.9 Å². The van der Waals surface area contributed by atoms with Crippen LogP contribution >= 0.6 is 23.2 Å². The summed E-state index contributed by atoms with van der Waals surface area (Å²) >= 11 is 12.8. The van der Waals surface area contributed by atoms with E-state index < -0.39 is 69.7 Å². The number of pyridine rings is 1. The summed E-state index contributed by atoms with van der Waals surface area (Å²) < 4.78 is 125. The summed E-state index contributed by atoms with van der Waals surface area (Å²) in [5.74, 6) is -5.11. The van der Waals surface area contributed by atoms with E-state index in [1.165, 1.54) is 48.5 Å². The van der Waals surface area contributed by atoms with Crippen molar-refractivity contribution in [2.45, 2.75) is 68.0 Å². The van der Waals surface area contributed by atoms with Gasteiger partial charge < -0.3 is 29.3 Å². The molecule has 0 spiro atoms. The van der Waals surface area contributed by atoms with Crippen molar-refractivity contribution in [1.29, 1.82) is 0 Å². The lowest BCUT2D eigenvalue weighted by molar-refractivity contribution is -0.605. The molecule has 1 unspecified atom stereocenters. The number of aromatic nitrogens is 1. The van der Waals surface area contributed by atoms with Crippen LogP contribution in [0, 0.1) is 22.9 Å². The minimum atomic E-state index is -5.08. The van der Waals surface area contributed by atoms with E-state index in [1.807, 2.05) is 0 Å². The fraction of sp³-hybridized carbons (Fsp3) is 0.381. The second-order valence-corrected chi connectivity index (χ2v) is 17.8. The number of aliphatic carboxylic acids is 1. The fourth-order valence-electron chi connectivity index (χ4n) is 7.04. The van der Waals surface area contributed by atoms with Crippen molar-refractivity contribution in [2.24, 2.45) is 11.8 Å². The molecule has 8 rings (SSSR count). The van der Waals surface area contributed by atoms with Gasteiger partial charge in [0.25, 0.3) is 0 Å². The number of fused-ring (bicyclic) bond motifs is 3. The van der Waals surface area contributed by atoms with Crippen LogP contribution in [0.2, 0.25) is 10.0 Å². The highest BCUT2D eigenvalue weighted by molar-refractivity contribution is 7.89. The monoisotopic (exact) mass is 977 g/mol. The van der Waals surface area contributed by atoms with Gasteiger partial charge in [-0.2, -0.15) is 31.4 Å². The van der Waals surface area contributed by atoms with Crippen LogP contribution in [0.1, 0.15) is 64.9 Å². The number of hydrogen-bond acceptors (Lipinski definition) is 11. The number of piperidine rings is 3. The van der Waals surface area contributed by atoms with Crippen LogP contribution in [0.5, 0.6) is 11.5 Å².